The maximum absolute atomic E-state index is 8.25. The monoisotopic (exact) mass is 222 g/mol. The number of nitrogens with zero attached hydrogens (tertiary/aromatic N) is 1. The van der Waals surface area contributed by atoms with Crippen LogP contribution in [0.3, 0.4) is 0 Å². The van der Waals surface area contributed by atoms with Gasteiger partial charge in [0.1, 0.15) is 5.75 Å². The van der Waals surface area contributed by atoms with Crippen LogP contribution in [0.1, 0.15) is 11.0 Å². The second kappa shape index (κ2) is 4.58. The van der Waals surface area contributed by atoms with Crippen molar-refractivity contribution in [2.45, 2.75) is 6.37 Å². The van der Waals surface area contributed by atoms with E-state index in [0.717, 1.165) is 5.52 Å². The molecule has 3 nitrogen and oxygen atoms in total. The standard InChI is InChI=1S/C13H18N2O/c1-15(2)8-7-10-9-14-11-5-4-6-12(16-3)13(10)11/h4-6,9,14H,7-8H2,1-3H3/i7D2,8D2. The zero-order chi connectivity index (χ0) is 15.1. The highest BCUT2D eigenvalue weighted by molar-refractivity contribution is 5.89. The predicted molar refractivity (Wildman–Crippen MR) is 67.1 cm³/mol. The normalized spacial score (nSPS) is 16.8. The van der Waals surface area contributed by atoms with E-state index in [-0.39, 0.29) is 5.56 Å². The van der Waals surface area contributed by atoms with Gasteiger partial charge in [0.25, 0.3) is 0 Å². The lowest BCUT2D eigenvalue weighted by atomic mass is 10.1. The molecule has 0 atom stereocenters. The van der Waals surface area contributed by atoms with Crippen LogP contribution < -0.4 is 4.74 Å². The summed E-state index contributed by atoms with van der Waals surface area (Å²) in [5, 5.41) is 0.575. The maximum atomic E-state index is 8.25. The van der Waals surface area contributed by atoms with Gasteiger partial charge in [-0.05, 0) is 38.2 Å². The number of nitrogens with one attached hydrogen (secondary N) is 1. The average molecular weight is 222 g/mol. The first-order valence-electron chi connectivity index (χ1n) is 7.05. The first-order chi connectivity index (χ1) is 9.23. The Labute approximate surface area is 102 Å². The Kier molecular flexibility index (Phi) is 1.99. The van der Waals surface area contributed by atoms with Crippen LogP contribution in [0, 0.1) is 0 Å². The zero-order valence-corrected chi connectivity index (χ0v) is 9.66. The summed E-state index contributed by atoms with van der Waals surface area (Å²) < 4.78 is 37.8. The van der Waals surface area contributed by atoms with Gasteiger partial charge in [0.05, 0.1) is 7.11 Å². The topological polar surface area (TPSA) is 28.3 Å². The first kappa shape index (κ1) is 6.97. The molecule has 1 N–H and O–H groups in total. The summed E-state index contributed by atoms with van der Waals surface area (Å²) in [6.07, 6.45) is -0.683. The minimum atomic E-state index is -2.19. The van der Waals surface area contributed by atoms with Gasteiger partial charge >= 0.3 is 0 Å². The summed E-state index contributed by atoms with van der Waals surface area (Å²) in [5.74, 6) is 0.525. The fourth-order valence-electron chi connectivity index (χ4n) is 1.59. The number of hydrogen-bond acceptors (Lipinski definition) is 2. The molecule has 1 aromatic heterocycles. The number of methoxy groups -OCH3 is 1. The van der Waals surface area contributed by atoms with Crippen molar-refractivity contribution >= 4 is 10.9 Å². The Hall–Kier alpha value is -1.48. The van der Waals surface area contributed by atoms with Crippen LogP contribution in [0.4, 0.5) is 0 Å². The molecule has 0 amide bonds. The second-order valence-electron chi connectivity index (χ2n) is 3.72. The number of aromatic nitrogens is 1. The summed E-state index contributed by atoms with van der Waals surface area (Å²) in [6.45, 7) is -2.15. The Morgan fingerprint density at radius 2 is 2.25 bits per heavy atom. The summed E-state index contributed by atoms with van der Waals surface area (Å²) >= 11 is 0. The Bertz CT molecular complexity index is 622. The van der Waals surface area contributed by atoms with Crippen LogP contribution in [-0.4, -0.2) is 37.6 Å². The van der Waals surface area contributed by atoms with Crippen molar-refractivity contribution in [3.8, 4) is 5.75 Å². The number of fused-ring (bicyclic) bond motifs is 1. The van der Waals surface area contributed by atoms with Crippen LogP contribution in [0.25, 0.3) is 10.9 Å². The molecule has 0 aliphatic carbocycles. The lowest BCUT2D eigenvalue weighted by Gasteiger charge is -2.09. The van der Waals surface area contributed by atoms with E-state index in [2.05, 4.69) is 4.98 Å². The molecule has 3 heteroatoms. The Morgan fingerprint density at radius 3 is 2.94 bits per heavy atom. The molecule has 0 spiro atoms. The molecule has 86 valence electrons. The average Bonchev–Trinajstić information content (AvgIpc) is 2.82. The van der Waals surface area contributed by atoms with Gasteiger partial charge in [-0.25, -0.2) is 0 Å². The minimum Gasteiger partial charge on any atom is -0.496 e. The highest BCUT2D eigenvalue weighted by Crippen LogP contribution is 2.28. The van der Waals surface area contributed by atoms with Crippen molar-refractivity contribution in [2.75, 3.05) is 27.7 Å². The highest BCUT2D eigenvalue weighted by Gasteiger charge is 2.08. The third-order valence-corrected chi connectivity index (χ3v) is 2.30. The van der Waals surface area contributed by atoms with Crippen LogP contribution in [-0.2, 0) is 6.37 Å². The van der Waals surface area contributed by atoms with Gasteiger partial charge < -0.3 is 14.6 Å². The molecule has 0 aliphatic rings. The van der Waals surface area contributed by atoms with E-state index in [4.69, 9.17) is 10.2 Å². The molecule has 0 bridgehead atoms. The number of benzene rings is 1. The molecule has 0 unspecified atom stereocenters. The molecule has 0 fully saturated rings. The molecular weight excluding hydrogens is 200 g/mol. The summed E-state index contributed by atoms with van der Waals surface area (Å²) in [4.78, 5) is 4.21. The van der Waals surface area contributed by atoms with Gasteiger partial charge in [-0.3, -0.25) is 0 Å². The van der Waals surface area contributed by atoms with E-state index < -0.39 is 12.9 Å². The number of rotatable bonds is 4. The molecule has 0 saturated carbocycles. The van der Waals surface area contributed by atoms with Crippen molar-refractivity contribution in [3.63, 3.8) is 0 Å². The minimum absolute atomic E-state index is 0.253. The van der Waals surface area contributed by atoms with E-state index >= 15 is 0 Å². The van der Waals surface area contributed by atoms with Crippen LogP contribution >= 0.6 is 0 Å². The third kappa shape index (κ3) is 2.04. The third-order valence-electron chi connectivity index (χ3n) is 2.30. The van der Waals surface area contributed by atoms with Crippen molar-refractivity contribution in [2.24, 2.45) is 0 Å². The quantitative estimate of drug-likeness (QED) is 0.859. The zero-order valence-electron chi connectivity index (χ0n) is 13.7. The molecule has 2 aromatic rings. The maximum Gasteiger partial charge on any atom is 0.128 e. The van der Waals surface area contributed by atoms with Crippen molar-refractivity contribution in [1.82, 2.24) is 9.88 Å². The lowest BCUT2D eigenvalue weighted by molar-refractivity contribution is 0.411. The van der Waals surface area contributed by atoms with Gasteiger partial charge in [-0.1, -0.05) is 6.07 Å². The number of likely N-dealkylation sites (N-methyl/N-ethyl adjacent to an activating group) is 1. The van der Waals surface area contributed by atoms with E-state index in [0.29, 0.717) is 11.1 Å². The predicted octanol–water partition coefficient (Wildman–Crippen LogP) is 2.28. The molecule has 1 aromatic carbocycles. The number of ether oxygens (including phenoxy) is 1. The number of H-pyrrole nitrogens is 1. The van der Waals surface area contributed by atoms with Gasteiger partial charge in [-0.15, -0.1) is 0 Å². The number of aromatic amines is 1. The van der Waals surface area contributed by atoms with Crippen LogP contribution in [0.2, 0.25) is 0 Å². The Morgan fingerprint density at radius 1 is 1.44 bits per heavy atom. The SMILES string of the molecule is [2H]C([2H])(c1c[nH]c2cccc(OC)c12)C([2H])([2H])N(C)C. The molecule has 1 heterocycles. The first-order valence-corrected chi connectivity index (χ1v) is 5.05. The second-order valence-corrected chi connectivity index (χ2v) is 3.72. The summed E-state index contributed by atoms with van der Waals surface area (Å²) in [7, 11) is 4.55. The van der Waals surface area contributed by atoms with E-state index in [1.807, 2.05) is 6.07 Å². The molecule has 0 aliphatic heterocycles. The van der Waals surface area contributed by atoms with Crippen LogP contribution in [0.5, 0.6) is 5.75 Å². The number of hydrogen-bond donors (Lipinski definition) is 1. The fourth-order valence-corrected chi connectivity index (χ4v) is 1.59. The lowest BCUT2D eigenvalue weighted by Crippen LogP contribution is -2.14. The number of aryl methyl sites for hydroxylation is 1. The highest BCUT2D eigenvalue weighted by atomic mass is 16.5. The summed E-state index contributed by atoms with van der Waals surface area (Å²) in [5.41, 5.74) is 0.974. The molecule has 16 heavy (non-hydrogen) atoms. The van der Waals surface area contributed by atoms with Crippen LogP contribution in [0.15, 0.2) is 24.4 Å². The van der Waals surface area contributed by atoms with E-state index in [9.17, 15) is 0 Å². The Balaban J connectivity index is 2.69. The summed E-state index contributed by atoms with van der Waals surface area (Å²) in [6, 6.07) is 5.35. The van der Waals surface area contributed by atoms with E-state index in [1.165, 1.54) is 32.3 Å². The van der Waals surface area contributed by atoms with Gasteiger partial charge in [-0.2, -0.15) is 0 Å². The fraction of sp³-hybridized carbons (Fsp3) is 0.385. The van der Waals surface area contributed by atoms with Gasteiger partial charge in [0.15, 0.2) is 0 Å². The molecule has 2 rings (SSSR count). The van der Waals surface area contributed by atoms with Crippen molar-refractivity contribution in [3.05, 3.63) is 30.0 Å². The molecule has 0 saturated heterocycles. The van der Waals surface area contributed by atoms with Crippen molar-refractivity contribution in [1.29, 1.82) is 0 Å². The smallest absolute Gasteiger partial charge is 0.128 e. The molecule has 0 radical (unpaired) electrons. The van der Waals surface area contributed by atoms with Gasteiger partial charge in [0.2, 0.25) is 0 Å². The largest absolute Gasteiger partial charge is 0.496 e. The van der Waals surface area contributed by atoms with E-state index in [1.54, 1.807) is 12.1 Å². The molecular formula is C13H18N2O. The van der Waals surface area contributed by atoms with Gasteiger partial charge in [0, 0.05) is 29.1 Å². The van der Waals surface area contributed by atoms with Crippen molar-refractivity contribution < 1.29 is 10.2 Å².